The molecule has 0 bridgehead atoms. The fraction of sp³-hybridized carbons (Fsp3) is 0.222. The van der Waals surface area contributed by atoms with Gasteiger partial charge in [0.2, 0.25) is 0 Å². The summed E-state index contributed by atoms with van der Waals surface area (Å²) in [5.74, 6) is 0.363. The number of amides is 1. The first kappa shape index (κ1) is 19.2. The Bertz CT molecular complexity index is 1120. The van der Waals surface area contributed by atoms with Crippen molar-refractivity contribution in [1.82, 2.24) is 19.4 Å². The van der Waals surface area contributed by atoms with Crippen molar-refractivity contribution in [3.05, 3.63) is 68.0 Å². The van der Waals surface area contributed by atoms with E-state index in [0.29, 0.717) is 17.3 Å². The number of benzene rings is 1. The van der Waals surface area contributed by atoms with Gasteiger partial charge in [0.05, 0.1) is 10.9 Å². The summed E-state index contributed by atoms with van der Waals surface area (Å²) in [7, 11) is 2.93. The minimum atomic E-state index is -0.478. The zero-order valence-electron chi connectivity index (χ0n) is 14.7. The van der Waals surface area contributed by atoms with Gasteiger partial charge in [-0.2, -0.15) is 0 Å². The van der Waals surface area contributed by atoms with Crippen LogP contribution in [0.15, 0.2) is 51.0 Å². The Morgan fingerprint density at radius 1 is 1.19 bits per heavy atom. The molecule has 1 N–H and O–H groups in total. The first-order valence-corrected chi connectivity index (χ1v) is 9.47. The highest BCUT2D eigenvalue weighted by molar-refractivity contribution is 7.99. The number of carbonyl (C=O) groups is 1. The van der Waals surface area contributed by atoms with Crippen LogP contribution in [0.1, 0.15) is 10.4 Å². The predicted molar refractivity (Wildman–Crippen MR) is 107 cm³/mol. The van der Waals surface area contributed by atoms with E-state index in [2.05, 4.69) is 10.3 Å². The standard InChI is InChI=1S/C18H17ClN4O3S/c1-22-15-14(17(25)23(2)18(22)26)9-11(10-21-15)16(24)20-7-8-27-13-5-3-12(19)4-6-13/h3-6,9-10H,7-8H2,1-2H3,(H,20,24). The molecule has 0 fully saturated rings. The van der Waals surface area contributed by atoms with Crippen LogP contribution in [0.5, 0.6) is 0 Å². The molecule has 9 heteroatoms. The van der Waals surface area contributed by atoms with Crippen LogP contribution in [0, 0.1) is 0 Å². The van der Waals surface area contributed by atoms with Gasteiger partial charge in [-0.3, -0.25) is 18.7 Å². The molecule has 1 aromatic carbocycles. The molecule has 3 aromatic rings. The largest absolute Gasteiger partial charge is 0.351 e. The van der Waals surface area contributed by atoms with E-state index < -0.39 is 11.2 Å². The van der Waals surface area contributed by atoms with Crippen molar-refractivity contribution in [3.63, 3.8) is 0 Å². The second-order valence-electron chi connectivity index (χ2n) is 5.86. The van der Waals surface area contributed by atoms with Crippen LogP contribution >= 0.6 is 23.4 Å². The zero-order valence-corrected chi connectivity index (χ0v) is 16.3. The lowest BCUT2D eigenvalue weighted by molar-refractivity contribution is 0.0956. The van der Waals surface area contributed by atoms with Crippen LogP contribution in [0.25, 0.3) is 11.0 Å². The maximum Gasteiger partial charge on any atom is 0.332 e. The number of aromatic nitrogens is 3. The number of carbonyl (C=O) groups excluding carboxylic acids is 1. The summed E-state index contributed by atoms with van der Waals surface area (Å²) < 4.78 is 2.27. The molecule has 0 saturated carbocycles. The van der Waals surface area contributed by atoms with Crippen molar-refractivity contribution in [2.75, 3.05) is 12.3 Å². The van der Waals surface area contributed by atoms with Crippen molar-refractivity contribution in [3.8, 4) is 0 Å². The molecule has 7 nitrogen and oxygen atoms in total. The third kappa shape index (κ3) is 4.06. The van der Waals surface area contributed by atoms with Gasteiger partial charge in [0.15, 0.2) is 0 Å². The molecule has 3 rings (SSSR count). The Kier molecular flexibility index (Phi) is 5.67. The van der Waals surface area contributed by atoms with Gasteiger partial charge in [-0.1, -0.05) is 11.6 Å². The molecule has 0 unspecified atom stereocenters. The van der Waals surface area contributed by atoms with Gasteiger partial charge < -0.3 is 5.32 Å². The number of halogens is 1. The Hall–Kier alpha value is -2.58. The first-order chi connectivity index (χ1) is 12.9. The third-order valence-corrected chi connectivity index (χ3v) is 5.29. The molecule has 0 aliphatic rings. The van der Waals surface area contributed by atoms with Crippen molar-refractivity contribution >= 4 is 40.3 Å². The van der Waals surface area contributed by atoms with E-state index in [1.807, 2.05) is 24.3 Å². The number of rotatable bonds is 5. The highest BCUT2D eigenvalue weighted by Gasteiger charge is 2.13. The number of aryl methyl sites for hydroxylation is 1. The minimum absolute atomic E-state index is 0.225. The van der Waals surface area contributed by atoms with E-state index in [4.69, 9.17) is 11.6 Å². The predicted octanol–water partition coefficient (Wildman–Crippen LogP) is 1.81. The molecule has 2 heterocycles. The first-order valence-electron chi connectivity index (χ1n) is 8.11. The second kappa shape index (κ2) is 7.98. The van der Waals surface area contributed by atoms with Gasteiger partial charge in [-0.05, 0) is 30.3 Å². The quantitative estimate of drug-likeness (QED) is 0.517. The summed E-state index contributed by atoms with van der Waals surface area (Å²) >= 11 is 7.44. The Morgan fingerprint density at radius 3 is 2.59 bits per heavy atom. The number of nitrogens with zero attached hydrogens (tertiary/aromatic N) is 3. The van der Waals surface area contributed by atoms with E-state index in [-0.39, 0.29) is 22.5 Å². The van der Waals surface area contributed by atoms with Gasteiger partial charge in [0, 0.05) is 42.5 Å². The summed E-state index contributed by atoms with van der Waals surface area (Å²) in [5.41, 5.74) is -0.419. The molecular formula is C18H17ClN4O3S. The SMILES string of the molecule is Cn1c(=O)c2cc(C(=O)NCCSc3ccc(Cl)cc3)cnc2n(C)c1=O. The normalized spacial score (nSPS) is 10.9. The number of nitrogens with one attached hydrogen (secondary N) is 1. The van der Waals surface area contributed by atoms with E-state index in [9.17, 15) is 14.4 Å². The summed E-state index contributed by atoms with van der Waals surface area (Å²) in [5, 5.41) is 3.71. The number of pyridine rings is 1. The molecule has 2 aromatic heterocycles. The number of hydrogen-bond donors (Lipinski definition) is 1. The maximum absolute atomic E-state index is 12.3. The fourth-order valence-electron chi connectivity index (χ4n) is 2.56. The van der Waals surface area contributed by atoms with Crippen LogP contribution in [0.2, 0.25) is 5.02 Å². The highest BCUT2D eigenvalue weighted by atomic mass is 35.5. The van der Waals surface area contributed by atoms with Crippen LogP contribution in [-0.2, 0) is 14.1 Å². The van der Waals surface area contributed by atoms with Crippen molar-refractivity contribution in [1.29, 1.82) is 0 Å². The van der Waals surface area contributed by atoms with Gasteiger partial charge in [0.1, 0.15) is 5.65 Å². The van der Waals surface area contributed by atoms with Gasteiger partial charge in [0.25, 0.3) is 11.5 Å². The molecule has 0 saturated heterocycles. The molecule has 1 amide bonds. The molecule has 0 radical (unpaired) electrons. The smallest absolute Gasteiger partial charge is 0.332 e. The number of hydrogen-bond acceptors (Lipinski definition) is 5. The summed E-state index contributed by atoms with van der Waals surface area (Å²) in [4.78, 5) is 41.7. The number of fused-ring (bicyclic) bond motifs is 1. The van der Waals surface area contributed by atoms with E-state index >= 15 is 0 Å². The molecule has 0 aliphatic heterocycles. The lowest BCUT2D eigenvalue weighted by atomic mass is 10.2. The number of thioether (sulfide) groups is 1. The molecule has 140 valence electrons. The molecular weight excluding hydrogens is 388 g/mol. The minimum Gasteiger partial charge on any atom is -0.351 e. The fourth-order valence-corrected chi connectivity index (χ4v) is 3.45. The lowest BCUT2D eigenvalue weighted by Crippen LogP contribution is -2.37. The van der Waals surface area contributed by atoms with Crippen molar-refractivity contribution in [2.24, 2.45) is 14.1 Å². The Morgan fingerprint density at radius 2 is 1.89 bits per heavy atom. The molecule has 0 atom stereocenters. The third-order valence-electron chi connectivity index (χ3n) is 4.03. The second-order valence-corrected chi connectivity index (χ2v) is 7.46. The molecule has 27 heavy (non-hydrogen) atoms. The van der Waals surface area contributed by atoms with Crippen LogP contribution in [-0.4, -0.2) is 32.3 Å². The van der Waals surface area contributed by atoms with Crippen molar-refractivity contribution < 1.29 is 4.79 Å². The topological polar surface area (TPSA) is 86.0 Å². The van der Waals surface area contributed by atoms with Gasteiger partial charge >= 0.3 is 5.69 Å². The Labute approximate surface area is 164 Å². The highest BCUT2D eigenvalue weighted by Crippen LogP contribution is 2.19. The average molecular weight is 405 g/mol. The molecule has 0 aliphatic carbocycles. The summed E-state index contributed by atoms with van der Waals surface area (Å²) in [6.45, 7) is 0.454. The van der Waals surface area contributed by atoms with Crippen LogP contribution in [0.4, 0.5) is 0 Å². The summed E-state index contributed by atoms with van der Waals surface area (Å²) in [6.07, 6.45) is 1.36. The Balaban J connectivity index is 1.69. The monoisotopic (exact) mass is 404 g/mol. The lowest BCUT2D eigenvalue weighted by Gasteiger charge is -2.09. The zero-order chi connectivity index (χ0) is 19.6. The van der Waals surface area contributed by atoms with Crippen molar-refractivity contribution in [2.45, 2.75) is 4.90 Å². The van der Waals surface area contributed by atoms with E-state index in [1.54, 1.807) is 11.8 Å². The van der Waals surface area contributed by atoms with E-state index in [1.165, 1.54) is 30.9 Å². The van der Waals surface area contributed by atoms with Gasteiger partial charge in [-0.25, -0.2) is 9.78 Å². The average Bonchev–Trinajstić information content (AvgIpc) is 2.68. The van der Waals surface area contributed by atoms with Crippen LogP contribution < -0.4 is 16.6 Å². The maximum atomic E-state index is 12.3. The molecule has 0 spiro atoms. The van der Waals surface area contributed by atoms with Gasteiger partial charge in [-0.15, -0.1) is 11.8 Å². The van der Waals surface area contributed by atoms with E-state index in [0.717, 1.165) is 9.46 Å². The summed E-state index contributed by atoms with van der Waals surface area (Å²) in [6, 6.07) is 8.93. The van der Waals surface area contributed by atoms with Crippen LogP contribution in [0.3, 0.4) is 0 Å².